The number of carbonyl (C=O) groups is 2. The van der Waals surface area contributed by atoms with Gasteiger partial charge in [-0.1, -0.05) is 18.7 Å². The van der Waals surface area contributed by atoms with E-state index in [0.717, 1.165) is 29.5 Å². The third-order valence-electron chi connectivity index (χ3n) is 3.17. The van der Waals surface area contributed by atoms with Gasteiger partial charge in [0.2, 0.25) is 5.91 Å². The molecule has 128 valence electrons. The largest absolute Gasteiger partial charge is 0.494 e. The Hall–Kier alpha value is -2.35. The van der Waals surface area contributed by atoms with Crippen LogP contribution in [0.15, 0.2) is 34.5 Å². The highest BCUT2D eigenvalue weighted by atomic mass is 32.2. The smallest absolute Gasteiger partial charge is 0.305 e. The second-order valence-electron chi connectivity index (χ2n) is 5.16. The third-order valence-corrected chi connectivity index (χ3v) is 4.24. The molecule has 24 heavy (non-hydrogen) atoms. The van der Waals surface area contributed by atoms with Crippen LogP contribution in [0, 0.1) is 0 Å². The minimum Gasteiger partial charge on any atom is -0.494 e. The number of rotatable bonds is 7. The summed E-state index contributed by atoms with van der Waals surface area (Å²) in [7, 11) is 0. The molecule has 0 saturated carbocycles. The van der Waals surface area contributed by atoms with E-state index < -0.39 is 11.2 Å². The van der Waals surface area contributed by atoms with E-state index in [0.29, 0.717) is 17.5 Å². The number of aliphatic carboxylic acids is 1. The van der Waals surface area contributed by atoms with E-state index in [9.17, 15) is 9.59 Å². The summed E-state index contributed by atoms with van der Waals surface area (Å²) < 4.78 is 5.52. The molecule has 1 aliphatic heterocycles. The topological polar surface area (TPSA) is 100 Å². The van der Waals surface area contributed by atoms with Crippen LogP contribution in [0.1, 0.15) is 32.3 Å². The van der Waals surface area contributed by atoms with Crippen molar-refractivity contribution in [3.63, 3.8) is 0 Å². The summed E-state index contributed by atoms with van der Waals surface area (Å²) in [5.74, 6) is -0.574. The number of nitrogens with one attached hydrogen (secondary N) is 1. The maximum Gasteiger partial charge on any atom is 0.305 e. The molecule has 0 bridgehead atoms. The molecule has 1 fully saturated rings. The standard InChI is InChI=1S/C16H19N3O4S/c1-3-8-23-12-6-4-11(5-7-12)10(2)18-19-16-17-15(22)13(24-16)9-14(20)21/h4-7,13H,3,8-9H2,1-2H3,(H,20,21)(H,17,19,22)/b18-10+. The molecule has 1 aromatic carbocycles. The molecule has 0 aliphatic carbocycles. The molecular weight excluding hydrogens is 330 g/mol. The van der Waals surface area contributed by atoms with Crippen LogP contribution < -0.4 is 10.1 Å². The van der Waals surface area contributed by atoms with Crippen LogP contribution in [0.2, 0.25) is 0 Å². The molecule has 0 spiro atoms. The SMILES string of the molecule is CCCOc1ccc(/C(C)=N/N=C2/NC(=O)C(CC(=O)O)S2)cc1. The average Bonchev–Trinajstić information content (AvgIpc) is 2.90. The van der Waals surface area contributed by atoms with Crippen molar-refractivity contribution >= 4 is 34.5 Å². The minimum atomic E-state index is -1.02. The van der Waals surface area contributed by atoms with Gasteiger partial charge in [0, 0.05) is 0 Å². The van der Waals surface area contributed by atoms with Crippen molar-refractivity contribution in [3.05, 3.63) is 29.8 Å². The van der Waals surface area contributed by atoms with Crippen molar-refractivity contribution in [1.29, 1.82) is 0 Å². The van der Waals surface area contributed by atoms with Crippen LogP contribution in [0.3, 0.4) is 0 Å². The molecule has 1 amide bonds. The Morgan fingerprint density at radius 1 is 1.38 bits per heavy atom. The number of carboxylic acid groups (broad SMARTS) is 1. The Labute approximate surface area is 144 Å². The van der Waals surface area contributed by atoms with Gasteiger partial charge >= 0.3 is 5.97 Å². The highest BCUT2D eigenvalue weighted by Gasteiger charge is 2.32. The van der Waals surface area contributed by atoms with Crippen LogP contribution in [0.25, 0.3) is 0 Å². The van der Waals surface area contributed by atoms with E-state index in [2.05, 4.69) is 15.5 Å². The van der Waals surface area contributed by atoms with Crippen molar-refractivity contribution in [2.45, 2.75) is 31.9 Å². The number of ether oxygens (including phenoxy) is 1. The molecule has 2 N–H and O–H groups in total. The van der Waals surface area contributed by atoms with Gasteiger partial charge in [-0.3, -0.25) is 9.59 Å². The number of thioether (sulfide) groups is 1. The molecule has 2 rings (SSSR count). The van der Waals surface area contributed by atoms with Gasteiger partial charge in [-0.25, -0.2) is 0 Å². The Balaban J connectivity index is 2.00. The van der Waals surface area contributed by atoms with Crippen LogP contribution in [-0.2, 0) is 9.59 Å². The summed E-state index contributed by atoms with van der Waals surface area (Å²) >= 11 is 1.08. The second kappa shape index (κ2) is 8.49. The Morgan fingerprint density at radius 3 is 2.71 bits per heavy atom. The van der Waals surface area contributed by atoms with E-state index in [1.807, 2.05) is 38.1 Å². The van der Waals surface area contributed by atoms with Gasteiger partial charge in [0.05, 0.1) is 18.7 Å². The number of amidine groups is 1. The molecule has 1 aliphatic rings. The highest BCUT2D eigenvalue weighted by Crippen LogP contribution is 2.22. The average molecular weight is 349 g/mol. The maximum absolute atomic E-state index is 11.6. The van der Waals surface area contributed by atoms with E-state index in [1.165, 1.54) is 0 Å². The first kappa shape index (κ1) is 18.0. The van der Waals surface area contributed by atoms with Crippen molar-refractivity contribution in [2.75, 3.05) is 6.61 Å². The zero-order chi connectivity index (χ0) is 17.5. The summed E-state index contributed by atoms with van der Waals surface area (Å²) in [6.45, 7) is 4.53. The van der Waals surface area contributed by atoms with Gasteiger partial charge < -0.3 is 15.2 Å². The number of carboxylic acids is 1. The van der Waals surface area contributed by atoms with Gasteiger partial charge in [-0.2, -0.15) is 5.10 Å². The normalized spacial score (nSPS) is 19.4. The van der Waals surface area contributed by atoms with Crippen LogP contribution in [0.5, 0.6) is 5.75 Å². The van der Waals surface area contributed by atoms with Crippen molar-refractivity contribution in [3.8, 4) is 5.75 Å². The molecule has 1 atom stereocenters. The molecule has 1 aromatic rings. The van der Waals surface area contributed by atoms with E-state index in [4.69, 9.17) is 9.84 Å². The number of hydrogen-bond acceptors (Lipinski definition) is 6. The zero-order valence-corrected chi connectivity index (χ0v) is 14.3. The van der Waals surface area contributed by atoms with E-state index in [1.54, 1.807) is 0 Å². The first-order chi connectivity index (χ1) is 11.5. The quantitative estimate of drug-likeness (QED) is 0.581. The predicted molar refractivity (Wildman–Crippen MR) is 93.6 cm³/mol. The Bertz CT molecular complexity index is 670. The van der Waals surface area contributed by atoms with Crippen LogP contribution in [-0.4, -0.2) is 39.7 Å². The first-order valence-electron chi connectivity index (χ1n) is 7.54. The summed E-state index contributed by atoms with van der Waals surface area (Å²) in [5.41, 5.74) is 1.57. The zero-order valence-electron chi connectivity index (χ0n) is 13.5. The molecule has 1 unspecified atom stereocenters. The predicted octanol–water partition coefficient (Wildman–Crippen LogP) is 2.26. The molecular formula is C16H19N3O4S. The number of benzene rings is 1. The monoisotopic (exact) mass is 349 g/mol. The van der Waals surface area contributed by atoms with Crippen molar-refractivity contribution in [1.82, 2.24) is 5.32 Å². The lowest BCUT2D eigenvalue weighted by Gasteiger charge is -2.05. The van der Waals surface area contributed by atoms with E-state index >= 15 is 0 Å². The fourth-order valence-electron chi connectivity index (χ4n) is 1.94. The van der Waals surface area contributed by atoms with Crippen LogP contribution in [0.4, 0.5) is 0 Å². The third kappa shape index (κ3) is 5.09. The first-order valence-corrected chi connectivity index (χ1v) is 8.42. The van der Waals surface area contributed by atoms with E-state index in [-0.39, 0.29) is 12.3 Å². The lowest BCUT2D eigenvalue weighted by Crippen LogP contribution is -2.26. The lowest BCUT2D eigenvalue weighted by molar-refractivity contribution is -0.138. The maximum atomic E-state index is 11.6. The van der Waals surface area contributed by atoms with Gasteiger partial charge in [-0.15, -0.1) is 5.10 Å². The Kier molecular flexibility index (Phi) is 6.36. The fraction of sp³-hybridized carbons (Fsp3) is 0.375. The second-order valence-corrected chi connectivity index (χ2v) is 6.35. The molecule has 1 saturated heterocycles. The van der Waals surface area contributed by atoms with Crippen LogP contribution >= 0.6 is 11.8 Å². The summed E-state index contributed by atoms with van der Waals surface area (Å²) in [4.78, 5) is 22.3. The number of amides is 1. The molecule has 8 heteroatoms. The summed E-state index contributed by atoms with van der Waals surface area (Å²) in [6, 6.07) is 7.51. The van der Waals surface area contributed by atoms with Gasteiger partial charge in [0.15, 0.2) is 5.17 Å². The number of nitrogens with zero attached hydrogens (tertiary/aromatic N) is 2. The summed E-state index contributed by atoms with van der Waals surface area (Å²) in [6.07, 6.45) is 0.712. The van der Waals surface area contributed by atoms with Gasteiger partial charge in [0.25, 0.3) is 0 Å². The Morgan fingerprint density at radius 2 is 2.08 bits per heavy atom. The van der Waals surface area contributed by atoms with Gasteiger partial charge in [0.1, 0.15) is 11.0 Å². The van der Waals surface area contributed by atoms with Gasteiger partial charge in [-0.05, 0) is 43.2 Å². The molecule has 0 aromatic heterocycles. The number of hydrogen-bond donors (Lipinski definition) is 2. The minimum absolute atomic E-state index is 0.239. The molecule has 7 nitrogen and oxygen atoms in total. The fourth-order valence-corrected chi connectivity index (χ4v) is 2.84. The number of carbonyl (C=O) groups excluding carboxylic acids is 1. The molecule has 1 heterocycles. The van der Waals surface area contributed by atoms with Crippen molar-refractivity contribution in [2.24, 2.45) is 10.2 Å². The van der Waals surface area contributed by atoms with Crippen molar-refractivity contribution < 1.29 is 19.4 Å². The summed E-state index contributed by atoms with van der Waals surface area (Å²) in [5, 5.41) is 19.0. The molecule has 0 radical (unpaired) electrons. The lowest BCUT2D eigenvalue weighted by atomic mass is 10.1. The highest BCUT2D eigenvalue weighted by molar-refractivity contribution is 8.15.